The van der Waals surface area contributed by atoms with Gasteiger partial charge in [-0.3, -0.25) is 0 Å². The van der Waals surface area contributed by atoms with Gasteiger partial charge in [-0.05, 0) is 103 Å². The average Bonchev–Trinajstić information content (AvgIpc) is 3.50. The summed E-state index contributed by atoms with van der Waals surface area (Å²) in [6.45, 7) is 0. The Labute approximate surface area is 282 Å². The van der Waals surface area contributed by atoms with Gasteiger partial charge in [-0.15, -0.1) is 11.3 Å². The highest BCUT2D eigenvalue weighted by molar-refractivity contribution is 7.25. The van der Waals surface area contributed by atoms with Gasteiger partial charge in [0.1, 0.15) is 0 Å². The number of thiophene rings is 1. The van der Waals surface area contributed by atoms with Gasteiger partial charge in [0, 0.05) is 37.2 Å². The van der Waals surface area contributed by atoms with Gasteiger partial charge in [-0.2, -0.15) is 0 Å². The SMILES string of the molecule is c1ccc(N(c2ccc(-c3cccc4c3ccc3ccc5ccccc5c34)cc2)c2ccc3c(c2)sc2cc4ccccc4cc23)cc1. The molecule has 10 aromatic rings. The molecule has 9 aromatic carbocycles. The monoisotopic (exact) mass is 627 g/mol. The van der Waals surface area contributed by atoms with Crippen molar-refractivity contribution in [1.82, 2.24) is 0 Å². The molecule has 0 aliphatic heterocycles. The molecule has 0 spiro atoms. The Morgan fingerprint density at radius 1 is 0.333 bits per heavy atom. The minimum atomic E-state index is 1.13. The molecule has 0 aliphatic carbocycles. The van der Waals surface area contributed by atoms with Crippen LogP contribution in [0.15, 0.2) is 176 Å². The third-order valence-electron chi connectivity index (χ3n) is 9.80. The van der Waals surface area contributed by atoms with Crippen LogP contribution in [0.1, 0.15) is 0 Å². The fraction of sp³-hybridized carbons (Fsp3) is 0. The predicted octanol–water partition coefficient (Wildman–Crippen LogP) is 13.8. The van der Waals surface area contributed by atoms with Crippen molar-refractivity contribution < 1.29 is 0 Å². The summed E-state index contributed by atoms with van der Waals surface area (Å²) in [7, 11) is 0. The summed E-state index contributed by atoms with van der Waals surface area (Å²) in [6.07, 6.45) is 0. The summed E-state index contributed by atoms with van der Waals surface area (Å²) < 4.78 is 2.62. The maximum absolute atomic E-state index is 2.37. The van der Waals surface area contributed by atoms with E-state index in [4.69, 9.17) is 0 Å². The van der Waals surface area contributed by atoms with E-state index in [9.17, 15) is 0 Å². The van der Waals surface area contributed by atoms with Crippen molar-refractivity contribution in [2.45, 2.75) is 0 Å². The highest BCUT2D eigenvalue weighted by Gasteiger charge is 2.16. The maximum atomic E-state index is 2.37. The third-order valence-corrected chi connectivity index (χ3v) is 10.9. The Morgan fingerprint density at radius 3 is 1.81 bits per heavy atom. The van der Waals surface area contributed by atoms with Gasteiger partial charge in [0.25, 0.3) is 0 Å². The largest absolute Gasteiger partial charge is 0.310 e. The lowest BCUT2D eigenvalue weighted by atomic mass is 9.92. The van der Waals surface area contributed by atoms with Crippen molar-refractivity contribution in [3.05, 3.63) is 176 Å². The van der Waals surface area contributed by atoms with Crippen LogP contribution in [0.5, 0.6) is 0 Å². The number of benzene rings is 9. The zero-order valence-electron chi connectivity index (χ0n) is 26.1. The standard InChI is InChI=1S/C46H29NS/c1-2-12-35(13-3-1)47(37-24-26-41-43-27-33-10-4-5-11-34(33)28-44(43)48-45(41)29-37)36-22-19-31(20-23-36)38-15-8-16-42-40(38)25-21-32-18-17-30-9-6-7-14-39(30)46(32)42/h1-29H. The molecule has 0 radical (unpaired) electrons. The van der Waals surface area contributed by atoms with Crippen molar-refractivity contribution in [3.63, 3.8) is 0 Å². The Kier molecular flexibility index (Phi) is 6.12. The van der Waals surface area contributed by atoms with Crippen LogP contribution in [0.2, 0.25) is 0 Å². The van der Waals surface area contributed by atoms with Crippen molar-refractivity contribution in [2.24, 2.45) is 0 Å². The minimum absolute atomic E-state index is 1.13. The van der Waals surface area contributed by atoms with Crippen molar-refractivity contribution in [2.75, 3.05) is 4.90 Å². The van der Waals surface area contributed by atoms with Gasteiger partial charge in [-0.1, -0.05) is 127 Å². The lowest BCUT2D eigenvalue weighted by molar-refractivity contribution is 1.29. The van der Waals surface area contributed by atoms with E-state index >= 15 is 0 Å². The number of hydrogen-bond donors (Lipinski definition) is 0. The highest BCUT2D eigenvalue weighted by Crippen LogP contribution is 2.43. The first kappa shape index (κ1) is 27.2. The third kappa shape index (κ3) is 4.31. The average molecular weight is 628 g/mol. The van der Waals surface area contributed by atoms with Gasteiger partial charge in [0.2, 0.25) is 0 Å². The molecule has 0 N–H and O–H groups in total. The predicted molar refractivity (Wildman–Crippen MR) is 209 cm³/mol. The quantitative estimate of drug-likeness (QED) is 0.176. The zero-order chi connectivity index (χ0) is 31.6. The summed E-state index contributed by atoms with van der Waals surface area (Å²) in [5, 5.41) is 12.9. The normalized spacial score (nSPS) is 11.8. The minimum Gasteiger partial charge on any atom is -0.310 e. The van der Waals surface area contributed by atoms with Crippen molar-refractivity contribution >= 4 is 91.7 Å². The second-order valence-corrected chi connectivity index (χ2v) is 13.6. The number of anilines is 3. The molecule has 0 fully saturated rings. The fourth-order valence-corrected chi connectivity index (χ4v) is 8.69. The van der Waals surface area contributed by atoms with Gasteiger partial charge in [-0.25, -0.2) is 0 Å². The van der Waals surface area contributed by atoms with Crippen LogP contribution in [0.4, 0.5) is 17.1 Å². The first-order valence-electron chi connectivity index (χ1n) is 16.4. The van der Waals surface area contributed by atoms with E-state index in [1.165, 1.54) is 74.4 Å². The molecule has 1 heterocycles. The van der Waals surface area contributed by atoms with Gasteiger partial charge in [0.05, 0.1) is 0 Å². The number of para-hydroxylation sites is 1. The molecule has 1 nitrogen and oxygen atoms in total. The second-order valence-electron chi connectivity index (χ2n) is 12.5. The number of fused-ring (bicyclic) bond motifs is 9. The lowest BCUT2D eigenvalue weighted by Crippen LogP contribution is -2.09. The molecule has 0 saturated carbocycles. The molecule has 0 atom stereocenters. The molecule has 10 rings (SSSR count). The summed E-state index contributed by atoms with van der Waals surface area (Å²) in [4.78, 5) is 2.37. The van der Waals surface area contributed by atoms with Crippen LogP contribution in [0.25, 0.3) is 74.4 Å². The van der Waals surface area contributed by atoms with E-state index in [-0.39, 0.29) is 0 Å². The molecular weight excluding hydrogens is 599 g/mol. The van der Waals surface area contributed by atoms with Crippen LogP contribution in [0, 0.1) is 0 Å². The van der Waals surface area contributed by atoms with Crippen molar-refractivity contribution in [3.8, 4) is 11.1 Å². The first-order valence-corrected chi connectivity index (χ1v) is 17.2. The number of rotatable bonds is 4. The summed E-state index contributed by atoms with van der Waals surface area (Å²) in [5.41, 5.74) is 5.89. The van der Waals surface area contributed by atoms with Gasteiger partial charge in [0.15, 0.2) is 0 Å². The van der Waals surface area contributed by atoms with Crippen LogP contribution < -0.4 is 4.90 Å². The van der Waals surface area contributed by atoms with E-state index in [0.717, 1.165) is 17.1 Å². The van der Waals surface area contributed by atoms with E-state index < -0.39 is 0 Å². The molecule has 0 saturated heterocycles. The molecular formula is C46H29NS. The number of nitrogens with zero attached hydrogens (tertiary/aromatic N) is 1. The molecule has 0 unspecified atom stereocenters. The summed E-state index contributed by atoms with van der Waals surface area (Å²) >= 11 is 1.87. The Morgan fingerprint density at radius 2 is 0.958 bits per heavy atom. The Bertz CT molecular complexity index is 2830. The van der Waals surface area contributed by atoms with Crippen LogP contribution in [-0.2, 0) is 0 Å². The molecule has 0 bridgehead atoms. The number of hydrogen-bond acceptors (Lipinski definition) is 2. The van der Waals surface area contributed by atoms with Crippen molar-refractivity contribution in [1.29, 1.82) is 0 Å². The molecule has 0 amide bonds. The zero-order valence-corrected chi connectivity index (χ0v) is 26.9. The summed E-state index contributed by atoms with van der Waals surface area (Å²) in [5.74, 6) is 0. The van der Waals surface area contributed by atoms with E-state index in [1.54, 1.807) is 0 Å². The molecule has 224 valence electrons. The van der Waals surface area contributed by atoms with E-state index in [2.05, 4.69) is 181 Å². The molecule has 48 heavy (non-hydrogen) atoms. The maximum Gasteiger partial charge on any atom is 0.0476 e. The van der Waals surface area contributed by atoms with E-state index in [0.29, 0.717) is 0 Å². The summed E-state index contributed by atoms with van der Waals surface area (Å²) in [6, 6.07) is 64.5. The topological polar surface area (TPSA) is 3.24 Å². The van der Waals surface area contributed by atoms with Gasteiger partial charge >= 0.3 is 0 Å². The van der Waals surface area contributed by atoms with E-state index in [1.807, 2.05) is 11.3 Å². The Balaban J connectivity index is 1.09. The lowest BCUT2D eigenvalue weighted by Gasteiger charge is -2.26. The Hall–Kier alpha value is -5.96. The molecule has 0 aliphatic rings. The molecule has 1 aromatic heterocycles. The van der Waals surface area contributed by atoms with Crippen LogP contribution in [0.3, 0.4) is 0 Å². The van der Waals surface area contributed by atoms with Gasteiger partial charge < -0.3 is 4.90 Å². The highest BCUT2D eigenvalue weighted by atomic mass is 32.1. The smallest absolute Gasteiger partial charge is 0.0476 e. The second kappa shape index (κ2) is 10.8. The molecule has 2 heteroatoms. The first-order chi connectivity index (χ1) is 23.8. The van der Waals surface area contributed by atoms with Crippen LogP contribution >= 0.6 is 11.3 Å². The van der Waals surface area contributed by atoms with Crippen LogP contribution in [-0.4, -0.2) is 0 Å². The fourth-order valence-electron chi connectivity index (χ4n) is 7.52.